The smallest absolute Gasteiger partial charge is 0.262 e. The molecule has 0 aliphatic heterocycles. The molecule has 0 spiro atoms. The van der Waals surface area contributed by atoms with Crippen LogP contribution in [0.5, 0.6) is 5.75 Å². The van der Waals surface area contributed by atoms with Crippen molar-refractivity contribution < 1.29 is 9.53 Å². The highest BCUT2D eigenvalue weighted by Crippen LogP contribution is 2.35. The predicted octanol–water partition coefficient (Wildman–Crippen LogP) is 3.89. The number of nitrogens with zero attached hydrogens (tertiary/aromatic N) is 3. The summed E-state index contributed by atoms with van der Waals surface area (Å²) in [5, 5.41) is 4.69. The monoisotopic (exact) mass is 502 g/mol. The van der Waals surface area contributed by atoms with E-state index in [1.165, 1.54) is 22.0 Å². The minimum Gasteiger partial charge on any atom is -0.493 e. The van der Waals surface area contributed by atoms with Crippen molar-refractivity contribution in [3.8, 4) is 5.75 Å². The molecule has 2 aromatic heterocycles. The Bertz CT molecular complexity index is 1220. The van der Waals surface area contributed by atoms with Crippen molar-refractivity contribution in [2.45, 2.75) is 39.7 Å². The van der Waals surface area contributed by atoms with Gasteiger partial charge in [0, 0.05) is 14.9 Å². The van der Waals surface area contributed by atoms with Crippen molar-refractivity contribution in [1.82, 2.24) is 15.0 Å². The number of ether oxygens (including phenoxy) is 1. The molecule has 1 aliphatic carbocycles. The molecule has 1 atom stereocenters. The van der Waals surface area contributed by atoms with Gasteiger partial charge in [0.15, 0.2) is 0 Å². The van der Waals surface area contributed by atoms with E-state index in [1.54, 1.807) is 11.3 Å². The molecule has 1 aliphatic rings. The van der Waals surface area contributed by atoms with Gasteiger partial charge in [0.2, 0.25) is 0 Å². The Morgan fingerprint density at radius 2 is 2.32 bits per heavy atom. The second-order valence-electron chi connectivity index (χ2n) is 7.62. The summed E-state index contributed by atoms with van der Waals surface area (Å²) in [4.78, 5) is 31.9. The Kier molecular flexibility index (Phi) is 6.52. The van der Waals surface area contributed by atoms with Gasteiger partial charge in [-0.25, -0.2) is 10.4 Å². The molecular formula is C22H23BrN4O3S. The molecule has 0 bridgehead atoms. The average Bonchev–Trinajstić information content (AvgIpc) is 3.10. The van der Waals surface area contributed by atoms with Crippen LogP contribution in [0.2, 0.25) is 0 Å². The maximum Gasteiger partial charge on any atom is 0.262 e. The number of thiophene rings is 1. The van der Waals surface area contributed by atoms with Crippen LogP contribution in [0.25, 0.3) is 10.2 Å². The van der Waals surface area contributed by atoms with Crippen LogP contribution in [0, 0.1) is 5.92 Å². The molecule has 9 heteroatoms. The van der Waals surface area contributed by atoms with Crippen LogP contribution in [0.1, 0.15) is 36.3 Å². The fourth-order valence-electron chi connectivity index (χ4n) is 3.75. The van der Waals surface area contributed by atoms with Crippen LogP contribution in [0.15, 0.2) is 38.9 Å². The number of carbonyl (C=O) groups is 1. The molecule has 3 aromatic rings. The first-order valence-electron chi connectivity index (χ1n) is 10.2. The Balaban J connectivity index is 1.49. The van der Waals surface area contributed by atoms with E-state index in [9.17, 15) is 9.59 Å². The molecular weight excluding hydrogens is 480 g/mol. The van der Waals surface area contributed by atoms with Gasteiger partial charge in [0.25, 0.3) is 11.5 Å². The third kappa shape index (κ3) is 4.72. The Morgan fingerprint density at radius 3 is 3.13 bits per heavy atom. The van der Waals surface area contributed by atoms with Crippen molar-refractivity contribution in [2.75, 3.05) is 6.61 Å². The first-order chi connectivity index (χ1) is 15.0. The van der Waals surface area contributed by atoms with Crippen molar-refractivity contribution >= 4 is 49.6 Å². The molecule has 0 saturated carbocycles. The fraction of sp³-hybridized carbons (Fsp3) is 0.364. The summed E-state index contributed by atoms with van der Waals surface area (Å²) in [5.74, 6) is 0.899. The maximum absolute atomic E-state index is 13.0. The minimum atomic E-state index is -0.398. The molecule has 1 unspecified atom stereocenters. The second kappa shape index (κ2) is 9.32. The molecule has 1 aromatic carbocycles. The molecule has 7 nitrogen and oxygen atoms in total. The highest BCUT2D eigenvalue weighted by molar-refractivity contribution is 9.10. The van der Waals surface area contributed by atoms with Crippen LogP contribution in [-0.2, 0) is 24.2 Å². The van der Waals surface area contributed by atoms with E-state index in [0.717, 1.165) is 39.7 Å². The van der Waals surface area contributed by atoms with Crippen LogP contribution < -0.4 is 15.7 Å². The topological polar surface area (TPSA) is 85.6 Å². The van der Waals surface area contributed by atoms with Crippen molar-refractivity contribution in [2.24, 2.45) is 11.0 Å². The van der Waals surface area contributed by atoms with E-state index in [-0.39, 0.29) is 12.1 Å². The van der Waals surface area contributed by atoms with Gasteiger partial charge in [-0.3, -0.25) is 14.2 Å². The van der Waals surface area contributed by atoms with Gasteiger partial charge in [-0.05, 0) is 55.9 Å². The van der Waals surface area contributed by atoms with Gasteiger partial charge in [0.1, 0.15) is 17.1 Å². The lowest BCUT2D eigenvalue weighted by molar-refractivity contribution is -0.121. The fourth-order valence-corrected chi connectivity index (χ4v) is 5.47. The standard InChI is InChI=1S/C22H23BrN4O3S/c1-3-30-17-7-5-15(23)9-14(17)10-25-26-19(28)11-27-12-24-21-20(22(27)29)16-6-4-13(2)8-18(16)31-21/h5,7,9-10,12-13H,3-4,6,8,11H2,1-2H3,(H,26,28)/b25-10+. The summed E-state index contributed by atoms with van der Waals surface area (Å²) >= 11 is 5.02. The van der Waals surface area contributed by atoms with Crippen LogP contribution in [-0.4, -0.2) is 28.3 Å². The van der Waals surface area contributed by atoms with Gasteiger partial charge in [0.05, 0.1) is 24.5 Å². The molecule has 2 heterocycles. The summed E-state index contributed by atoms with van der Waals surface area (Å²) in [6.45, 7) is 4.52. The summed E-state index contributed by atoms with van der Waals surface area (Å²) in [7, 11) is 0. The number of hydrogen-bond acceptors (Lipinski definition) is 6. The number of hydrazone groups is 1. The maximum atomic E-state index is 13.0. The normalized spacial score (nSPS) is 15.9. The molecule has 0 saturated heterocycles. The van der Waals surface area contributed by atoms with Crippen molar-refractivity contribution in [3.05, 3.63) is 55.4 Å². The molecule has 162 valence electrons. The molecule has 1 N–H and O–H groups in total. The lowest BCUT2D eigenvalue weighted by atomic mass is 9.89. The number of aromatic nitrogens is 2. The number of carbonyl (C=O) groups excluding carboxylic acids is 1. The third-order valence-electron chi connectivity index (χ3n) is 5.26. The Hall–Kier alpha value is -2.52. The predicted molar refractivity (Wildman–Crippen MR) is 126 cm³/mol. The summed E-state index contributed by atoms with van der Waals surface area (Å²) < 4.78 is 7.80. The zero-order valence-corrected chi connectivity index (χ0v) is 19.8. The average molecular weight is 503 g/mol. The number of fused-ring (bicyclic) bond motifs is 3. The number of halogens is 1. The van der Waals surface area contributed by atoms with E-state index >= 15 is 0 Å². The van der Waals surface area contributed by atoms with Crippen molar-refractivity contribution in [3.63, 3.8) is 0 Å². The van der Waals surface area contributed by atoms with Crippen LogP contribution in [0.4, 0.5) is 0 Å². The number of aryl methyl sites for hydroxylation is 1. The van der Waals surface area contributed by atoms with Gasteiger partial charge >= 0.3 is 0 Å². The molecule has 0 radical (unpaired) electrons. The first-order valence-corrected chi connectivity index (χ1v) is 11.8. The molecule has 4 rings (SSSR count). The summed E-state index contributed by atoms with van der Waals surface area (Å²) in [6, 6.07) is 5.56. The molecule has 0 fully saturated rings. The minimum absolute atomic E-state index is 0.142. The van der Waals surface area contributed by atoms with Crippen LogP contribution >= 0.6 is 27.3 Å². The molecule has 1 amide bonds. The zero-order chi connectivity index (χ0) is 22.0. The summed E-state index contributed by atoms with van der Waals surface area (Å²) in [5.41, 5.74) is 4.16. The lowest BCUT2D eigenvalue weighted by Gasteiger charge is -2.17. The SMILES string of the molecule is CCOc1ccc(Br)cc1/C=N/NC(=O)Cn1cnc2sc3c(c2c1=O)CCC(C)C3. The van der Waals surface area contributed by atoms with Crippen molar-refractivity contribution in [1.29, 1.82) is 0 Å². The number of rotatable bonds is 6. The Labute approximate surface area is 192 Å². The Morgan fingerprint density at radius 1 is 1.48 bits per heavy atom. The van der Waals surface area contributed by atoms with E-state index in [0.29, 0.717) is 23.7 Å². The largest absolute Gasteiger partial charge is 0.493 e. The zero-order valence-electron chi connectivity index (χ0n) is 17.4. The van der Waals surface area contributed by atoms with Gasteiger partial charge in [-0.1, -0.05) is 22.9 Å². The number of amides is 1. The quantitative estimate of drug-likeness (QED) is 0.409. The lowest BCUT2D eigenvalue weighted by Crippen LogP contribution is -2.30. The van der Waals surface area contributed by atoms with Crippen LogP contribution in [0.3, 0.4) is 0 Å². The number of nitrogens with one attached hydrogen (secondary N) is 1. The van der Waals surface area contributed by atoms with Gasteiger partial charge in [-0.15, -0.1) is 11.3 Å². The summed E-state index contributed by atoms with van der Waals surface area (Å²) in [6.07, 6.45) is 5.92. The van der Waals surface area contributed by atoms with E-state index in [1.807, 2.05) is 25.1 Å². The van der Waals surface area contributed by atoms with E-state index in [2.05, 4.69) is 38.4 Å². The van der Waals surface area contributed by atoms with E-state index in [4.69, 9.17) is 4.74 Å². The highest BCUT2D eigenvalue weighted by Gasteiger charge is 2.23. The number of hydrogen-bond donors (Lipinski definition) is 1. The van der Waals surface area contributed by atoms with Gasteiger partial charge in [-0.2, -0.15) is 5.10 Å². The van der Waals surface area contributed by atoms with E-state index < -0.39 is 5.91 Å². The second-order valence-corrected chi connectivity index (χ2v) is 9.62. The van der Waals surface area contributed by atoms with Gasteiger partial charge < -0.3 is 4.74 Å². The number of benzene rings is 1. The third-order valence-corrected chi connectivity index (χ3v) is 6.92. The molecule has 31 heavy (non-hydrogen) atoms. The first kappa shape index (κ1) is 21.7. The highest BCUT2D eigenvalue weighted by atomic mass is 79.9.